The molecular weight excluding hydrogens is 192 g/mol. The van der Waals surface area contributed by atoms with Crippen molar-refractivity contribution in [3.8, 4) is 0 Å². The van der Waals surface area contributed by atoms with E-state index in [1.54, 1.807) is 0 Å². The number of nitrogens with one attached hydrogen (secondary N) is 1. The maximum atomic E-state index is 11.9. The molecule has 0 aromatic carbocycles. The number of carbonyl (C=O) groups excluding carboxylic acids is 1. The predicted octanol–water partition coefficient (Wildman–Crippen LogP) is 0.799. The molecule has 0 aliphatic carbocycles. The Bertz CT molecular complexity index is 213. The molecule has 0 saturated carbocycles. The highest BCUT2D eigenvalue weighted by molar-refractivity contribution is 5.86. The number of hydrogen-bond acceptors (Lipinski definition) is 3. The minimum absolute atomic E-state index is 0.0553. The molecule has 3 N–H and O–H groups in total. The fourth-order valence-corrected chi connectivity index (χ4v) is 1.82. The van der Waals surface area contributed by atoms with E-state index < -0.39 is 5.54 Å². The quantitative estimate of drug-likeness (QED) is 0.711. The van der Waals surface area contributed by atoms with Crippen molar-refractivity contribution < 1.29 is 9.53 Å². The fraction of sp³-hybridized carbons (Fsp3) is 0.909. The average Bonchev–Trinajstić information content (AvgIpc) is 2.65. The third-order valence-corrected chi connectivity index (χ3v) is 2.97. The Balaban J connectivity index is 2.45. The van der Waals surface area contributed by atoms with Gasteiger partial charge in [-0.3, -0.25) is 4.79 Å². The number of ether oxygens (including phenoxy) is 1. The molecule has 0 bridgehead atoms. The van der Waals surface area contributed by atoms with E-state index in [4.69, 9.17) is 10.5 Å². The van der Waals surface area contributed by atoms with Gasteiger partial charge < -0.3 is 15.8 Å². The van der Waals surface area contributed by atoms with Crippen LogP contribution in [0.1, 0.15) is 39.5 Å². The van der Waals surface area contributed by atoms with Gasteiger partial charge >= 0.3 is 0 Å². The van der Waals surface area contributed by atoms with Crippen molar-refractivity contribution >= 4 is 5.91 Å². The predicted molar refractivity (Wildman–Crippen MR) is 59.5 cm³/mol. The largest absolute Gasteiger partial charge is 0.379 e. The number of amides is 1. The van der Waals surface area contributed by atoms with Crippen molar-refractivity contribution in [2.75, 3.05) is 13.2 Å². The summed E-state index contributed by atoms with van der Waals surface area (Å²) in [5, 5.41) is 3.01. The third-order valence-electron chi connectivity index (χ3n) is 2.97. The van der Waals surface area contributed by atoms with Gasteiger partial charge in [-0.1, -0.05) is 20.3 Å². The zero-order chi connectivity index (χ0) is 11.3. The van der Waals surface area contributed by atoms with Gasteiger partial charge in [0, 0.05) is 12.6 Å². The van der Waals surface area contributed by atoms with E-state index in [2.05, 4.69) is 19.2 Å². The van der Waals surface area contributed by atoms with Crippen LogP contribution in [0.15, 0.2) is 0 Å². The summed E-state index contributed by atoms with van der Waals surface area (Å²) in [6, 6.07) is 0.253. The molecule has 1 saturated heterocycles. The van der Waals surface area contributed by atoms with Gasteiger partial charge in [-0.15, -0.1) is 0 Å². The molecule has 1 heterocycles. The van der Waals surface area contributed by atoms with E-state index in [1.165, 1.54) is 0 Å². The van der Waals surface area contributed by atoms with Crippen molar-refractivity contribution in [2.24, 2.45) is 5.73 Å². The molecule has 0 aromatic rings. The van der Waals surface area contributed by atoms with Crippen LogP contribution in [-0.4, -0.2) is 30.7 Å². The smallest absolute Gasteiger partial charge is 0.242 e. The molecule has 1 aliphatic rings. The van der Waals surface area contributed by atoms with Crippen LogP contribution in [0.25, 0.3) is 0 Å². The summed E-state index contributed by atoms with van der Waals surface area (Å²) in [5.41, 5.74) is 5.17. The van der Waals surface area contributed by atoms with Crippen LogP contribution in [0.4, 0.5) is 0 Å². The topological polar surface area (TPSA) is 64.4 Å². The molecule has 2 unspecified atom stereocenters. The Morgan fingerprint density at radius 1 is 1.60 bits per heavy atom. The Morgan fingerprint density at radius 3 is 2.80 bits per heavy atom. The summed E-state index contributed by atoms with van der Waals surface area (Å²) in [4.78, 5) is 11.9. The summed E-state index contributed by atoms with van der Waals surface area (Å²) in [6.45, 7) is 5.14. The van der Waals surface area contributed by atoms with Gasteiger partial charge in [-0.2, -0.15) is 0 Å². The summed E-state index contributed by atoms with van der Waals surface area (Å²) >= 11 is 0. The summed E-state index contributed by atoms with van der Waals surface area (Å²) < 4.78 is 5.17. The van der Waals surface area contributed by atoms with Crippen LogP contribution in [0.2, 0.25) is 0 Å². The first-order valence-electron chi connectivity index (χ1n) is 5.80. The second kappa shape index (κ2) is 5.47. The second-order valence-corrected chi connectivity index (χ2v) is 4.33. The van der Waals surface area contributed by atoms with Crippen molar-refractivity contribution in [3.05, 3.63) is 0 Å². The molecule has 4 heteroatoms. The number of hydrogen-bond donors (Lipinski definition) is 2. The van der Waals surface area contributed by atoms with Crippen LogP contribution >= 0.6 is 0 Å². The van der Waals surface area contributed by atoms with Crippen molar-refractivity contribution in [1.82, 2.24) is 5.32 Å². The lowest BCUT2D eigenvalue weighted by Crippen LogP contribution is -2.56. The first-order chi connectivity index (χ1) is 7.12. The summed E-state index contributed by atoms with van der Waals surface area (Å²) in [7, 11) is 0. The number of carbonyl (C=O) groups is 1. The lowest BCUT2D eigenvalue weighted by atomic mass is 9.98. The minimum Gasteiger partial charge on any atom is -0.379 e. The Kier molecular flexibility index (Phi) is 4.54. The van der Waals surface area contributed by atoms with E-state index in [9.17, 15) is 4.79 Å². The highest BCUT2D eigenvalue weighted by atomic mass is 16.5. The average molecular weight is 214 g/mol. The third kappa shape index (κ3) is 3.18. The molecule has 4 nitrogen and oxygen atoms in total. The van der Waals surface area contributed by atoms with Gasteiger partial charge in [-0.25, -0.2) is 0 Å². The first-order valence-corrected chi connectivity index (χ1v) is 5.80. The van der Waals surface area contributed by atoms with Crippen molar-refractivity contribution in [3.63, 3.8) is 0 Å². The lowest BCUT2D eigenvalue weighted by molar-refractivity contribution is -0.127. The highest BCUT2D eigenvalue weighted by Gasteiger charge is 2.38. The number of nitrogens with two attached hydrogens (primary N) is 1. The fourth-order valence-electron chi connectivity index (χ4n) is 1.82. The summed E-state index contributed by atoms with van der Waals surface area (Å²) in [6.07, 6.45) is 3.67. The number of rotatable bonds is 5. The van der Waals surface area contributed by atoms with E-state index >= 15 is 0 Å². The lowest BCUT2D eigenvalue weighted by Gasteiger charge is -2.24. The Labute approximate surface area is 91.5 Å². The van der Waals surface area contributed by atoms with Crippen LogP contribution in [0, 0.1) is 0 Å². The molecule has 15 heavy (non-hydrogen) atoms. The monoisotopic (exact) mass is 214 g/mol. The van der Waals surface area contributed by atoms with Crippen molar-refractivity contribution in [2.45, 2.75) is 51.1 Å². The molecule has 0 radical (unpaired) electrons. The molecule has 0 spiro atoms. The van der Waals surface area contributed by atoms with Crippen LogP contribution in [-0.2, 0) is 9.53 Å². The zero-order valence-electron chi connectivity index (χ0n) is 9.71. The maximum absolute atomic E-state index is 11.9. The molecule has 1 fully saturated rings. The molecule has 1 amide bonds. The van der Waals surface area contributed by atoms with E-state index in [0.717, 1.165) is 19.3 Å². The van der Waals surface area contributed by atoms with Gasteiger partial charge in [0.15, 0.2) is 0 Å². The van der Waals surface area contributed by atoms with Crippen molar-refractivity contribution in [1.29, 1.82) is 0 Å². The molecule has 88 valence electrons. The molecule has 1 aliphatic heterocycles. The van der Waals surface area contributed by atoms with E-state index in [0.29, 0.717) is 19.6 Å². The van der Waals surface area contributed by atoms with Gasteiger partial charge in [0.1, 0.15) is 5.54 Å². The van der Waals surface area contributed by atoms with Crippen LogP contribution < -0.4 is 11.1 Å². The second-order valence-electron chi connectivity index (χ2n) is 4.33. The normalized spacial score (nSPS) is 27.7. The minimum atomic E-state index is -0.791. The van der Waals surface area contributed by atoms with Gasteiger partial charge in [0.05, 0.1) is 6.61 Å². The zero-order valence-corrected chi connectivity index (χ0v) is 9.71. The van der Waals surface area contributed by atoms with Gasteiger partial charge in [0.25, 0.3) is 0 Å². The highest BCUT2D eigenvalue weighted by Crippen LogP contribution is 2.16. The van der Waals surface area contributed by atoms with Crippen LogP contribution in [0.5, 0.6) is 0 Å². The first kappa shape index (κ1) is 12.5. The molecule has 2 atom stereocenters. The molecule has 1 rings (SSSR count). The standard InChI is InChI=1S/C11H22N2O2/c1-3-5-9(4-2)13-10(14)11(12)6-7-15-8-11/h9H,3-8,12H2,1-2H3,(H,13,14). The maximum Gasteiger partial charge on any atom is 0.242 e. The van der Waals surface area contributed by atoms with Gasteiger partial charge in [0.2, 0.25) is 5.91 Å². The van der Waals surface area contributed by atoms with E-state index in [-0.39, 0.29) is 11.9 Å². The Morgan fingerprint density at radius 2 is 2.33 bits per heavy atom. The molecular formula is C11H22N2O2. The summed E-state index contributed by atoms with van der Waals surface area (Å²) in [5.74, 6) is -0.0553. The molecule has 0 aromatic heterocycles. The SMILES string of the molecule is CCCC(CC)NC(=O)C1(N)CCOC1. The van der Waals surface area contributed by atoms with E-state index in [1.807, 2.05) is 0 Å². The Hall–Kier alpha value is -0.610. The van der Waals surface area contributed by atoms with Gasteiger partial charge in [-0.05, 0) is 19.3 Å². The van der Waals surface area contributed by atoms with Crippen LogP contribution in [0.3, 0.4) is 0 Å².